The van der Waals surface area contributed by atoms with Crippen LogP contribution in [-0.4, -0.2) is 85.8 Å². The second-order valence-electron chi connectivity index (χ2n) is 8.99. The highest BCUT2D eigenvalue weighted by atomic mass is 19.4. The highest BCUT2D eigenvalue weighted by Gasteiger charge is 2.47. The summed E-state index contributed by atoms with van der Waals surface area (Å²) in [5.74, 6) is -2.71. The van der Waals surface area contributed by atoms with E-state index >= 15 is 0 Å². The molecule has 2 amide bonds. The van der Waals surface area contributed by atoms with Crippen LogP contribution in [0.2, 0.25) is 0 Å². The van der Waals surface area contributed by atoms with Crippen molar-refractivity contribution in [1.82, 2.24) is 24.0 Å². The number of alkyl halides is 3. The van der Waals surface area contributed by atoms with Gasteiger partial charge in [-0.1, -0.05) is 5.92 Å². The molecular formula is C23H25F3N6O9. The van der Waals surface area contributed by atoms with Gasteiger partial charge in [0.25, 0.3) is 5.56 Å². The van der Waals surface area contributed by atoms with Crippen LogP contribution in [0.25, 0.3) is 11.2 Å². The maximum absolute atomic E-state index is 13.5. The van der Waals surface area contributed by atoms with Crippen molar-refractivity contribution in [2.24, 2.45) is 0 Å². The number of aromatic nitrogens is 4. The molecule has 2 aromatic heterocycles. The van der Waals surface area contributed by atoms with E-state index in [-0.39, 0.29) is 28.4 Å². The van der Waals surface area contributed by atoms with Crippen molar-refractivity contribution in [2.45, 2.75) is 64.5 Å². The summed E-state index contributed by atoms with van der Waals surface area (Å²) in [6, 6.07) is 0. The zero-order valence-corrected chi connectivity index (χ0v) is 22.1. The summed E-state index contributed by atoms with van der Waals surface area (Å²) in [5.41, 5.74) is -2.46. The summed E-state index contributed by atoms with van der Waals surface area (Å²) in [4.78, 5) is 80.0. The number of ether oxygens (including phenoxy) is 3. The first-order chi connectivity index (χ1) is 19.0. The Morgan fingerprint density at radius 1 is 1.24 bits per heavy atom. The van der Waals surface area contributed by atoms with Crippen LogP contribution in [0.1, 0.15) is 33.4 Å². The van der Waals surface area contributed by atoms with E-state index in [1.807, 2.05) is 0 Å². The average molecular weight is 586 g/mol. The van der Waals surface area contributed by atoms with Gasteiger partial charge in [-0.05, 0) is 0 Å². The number of fused-ring (bicyclic) bond motifs is 1. The smallest absolute Gasteiger partial charge is 0.458 e. The van der Waals surface area contributed by atoms with Crippen molar-refractivity contribution in [3.8, 4) is 12.3 Å². The van der Waals surface area contributed by atoms with Crippen LogP contribution < -0.4 is 16.6 Å². The number of hydrogen-bond acceptors (Lipinski definition) is 10. The van der Waals surface area contributed by atoms with E-state index in [1.165, 1.54) is 0 Å². The zero-order valence-electron chi connectivity index (χ0n) is 22.1. The maximum Gasteiger partial charge on any atom is 0.471 e. The molecule has 2 N–H and O–H groups in total. The van der Waals surface area contributed by atoms with Crippen LogP contribution in [0.5, 0.6) is 0 Å². The Morgan fingerprint density at radius 2 is 1.90 bits per heavy atom. The number of halogens is 3. The van der Waals surface area contributed by atoms with Gasteiger partial charge in [-0.25, -0.2) is 9.36 Å². The number of likely N-dealkylation sites (N-methyl/N-ethyl adjacent to an activating group) is 1. The maximum atomic E-state index is 13.5. The van der Waals surface area contributed by atoms with Gasteiger partial charge in [0.15, 0.2) is 17.4 Å². The third-order valence-electron chi connectivity index (χ3n) is 5.80. The monoisotopic (exact) mass is 586 g/mol. The lowest BCUT2D eigenvalue weighted by Crippen LogP contribution is -2.46. The Labute approximate surface area is 228 Å². The third kappa shape index (κ3) is 6.74. The predicted molar refractivity (Wildman–Crippen MR) is 131 cm³/mol. The molecule has 0 radical (unpaired) electrons. The average Bonchev–Trinajstić information content (AvgIpc) is 3.34. The number of H-pyrrole nitrogens is 1. The highest BCUT2D eigenvalue weighted by molar-refractivity contribution is 5.87. The molecule has 2 aromatic rings. The molecule has 0 spiro atoms. The van der Waals surface area contributed by atoms with E-state index in [2.05, 4.69) is 21.2 Å². The van der Waals surface area contributed by atoms with Crippen LogP contribution in [0.3, 0.4) is 0 Å². The quantitative estimate of drug-likeness (QED) is 0.306. The lowest BCUT2D eigenvalue weighted by molar-refractivity contribution is -0.188. The summed E-state index contributed by atoms with van der Waals surface area (Å²) >= 11 is 0. The van der Waals surface area contributed by atoms with Crippen LogP contribution in [0.15, 0.2) is 9.59 Å². The van der Waals surface area contributed by atoms with Crippen LogP contribution in [0, 0.1) is 12.3 Å². The SMILES string of the molecule is C#CCn1c(=O)n([C@@H]2O[C@H](C(CN(C)C(=O)C(F)(F)F)OC(C)=O)C[C@H]2OC(C)=O)c2nc(NC(C)=O)[nH]c(=O)c21. The molecule has 1 saturated heterocycles. The molecule has 0 bridgehead atoms. The number of terminal acetylenes is 1. The fraction of sp³-hybridized carbons (Fsp3) is 0.522. The molecule has 3 rings (SSSR count). The summed E-state index contributed by atoms with van der Waals surface area (Å²) in [6.45, 7) is 1.98. The van der Waals surface area contributed by atoms with Crippen LogP contribution >= 0.6 is 0 Å². The van der Waals surface area contributed by atoms with Gasteiger partial charge < -0.3 is 19.1 Å². The third-order valence-corrected chi connectivity index (χ3v) is 5.80. The van der Waals surface area contributed by atoms with E-state index in [4.69, 9.17) is 20.6 Å². The largest absolute Gasteiger partial charge is 0.471 e. The number of anilines is 1. The molecule has 1 aliphatic heterocycles. The van der Waals surface area contributed by atoms with Crippen molar-refractivity contribution in [3.05, 3.63) is 20.8 Å². The molecule has 3 heterocycles. The van der Waals surface area contributed by atoms with Gasteiger partial charge in [-0.3, -0.25) is 38.8 Å². The molecule has 15 nitrogen and oxygen atoms in total. The number of aromatic amines is 1. The Hall–Kier alpha value is -4.66. The number of nitrogens with one attached hydrogen (secondary N) is 2. The molecule has 1 unspecified atom stereocenters. The van der Waals surface area contributed by atoms with E-state index in [1.54, 1.807) is 0 Å². The molecule has 18 heteroatoms. The molecule has 1 aliphatic rings. The zero-order chi connectivity index (χ0) is 30.8. The molecule has 222 valence electrons. The topological polar surface area (TPSA) is 184 Å². The van der Waals surface area contributed by atoms with Crippen LogP contribution in [-0.2, 0) is 39.9 Å². The van der Waals surface area contributed by atoms with E-state index < -0.39 is 78.8 Å². The Morgan fingerprint density at radius 3 is 2.44 bits per heavy atom. The number of rotatable bonds is 8. The fourth-order valence-electron chi connectivity index (χ4n) is 4.34. The predicted octanol–water partition coefficient (Wildman–Crippen LogP) is -0.350. The molecule has 0 aliphatic carbocycles. The Bertz CT molecular complexity index is 1540. The number of carbonyl (C=O) groups excluding carboxylic acids is 4. The van der Waals surface area contributed by atoms with Gasteiger partial charge in [0.05, 0.1) is 13.1 Å². The lowest BCUT2D eigenvalue weighted by atomic mass is 10.1. The van der Waals surface area contributed by atoms with E-state index in [9.17, 15) is 41.9 Å². The van der Waals surface area contributed by atoms with Crippen molar-refractivity contribution >= 4 is 40.9 Å². The minimum Gasteiger partial charge on any atom is -0.458 e. The molecule has 4 atom stereocenters. The second kappa shape index (κ2) is 11.8. The fourth-order valence-corrected chi connectivity index (χ4v) is 4.34. The van der Waals surface area contributed by atoms with Crippen molar-refractivity contribution < 1.29 is 46.6 Å². The first kappa shape index (κ1) is 30.9. The standard InChI is InChI=1S/C23H25F3N6O9/c1-6-7-31-16-17(28-21(27-10(2)33)29-18(16)36)32(22(31)38)19-14(39-11(3)34)8-13(41-19)15(40-12(4)35)9-30(5)20(37)23(24,25)26/h1,13-15,19H,7-9H2,2-5H3,(H2,27,28,29,33,36)/t13-,14+,15?,19+/m0/s1. The molecule has 1 fully saturated rings. The first-order valence-corrected chi connectivity index (χ1v) is 11.8. The van der Waals surface area contributed by atoms with Crippen molar-refractivity contribution in [1.29, 1.82) is 0 Å². The molecule has 0 saturated carbocycles. The van der Waals surface area contributed by atoms with E-state index in [0.717, 1.165) is 37.0 Å². The molecule has 41 heavy (non-hydrogen) atoms. The van der Waals surface area contributed by atoms with Gasteiger partial charge in [0.1, 0.15) is 18.3 Å². The summed E-state index contributed by atoms with van der Waals surface area (Å²) < 4.78 is 57.0. The summed E-state index contributed by atoms with van der Waals surface area (Å²) in [7, 11) is 0.833. The second-order valence-corrected chi connectivity index (χ2v) is 8.99. The number of imidazole rings is 1. The number of hydrogen-bond donors (Lipinski definition) is 2. The number of carbonyl (C=O) groups is 4. The highest BCUT2D eigenvalue weighted by Crippen LogP contribution is 2.35. The molecule has 0 aromatic carbocycles. The van der Waals surface area contributed by atoms with Gasteiger partial charge in [0, 0.05) is 34.2 Å². The van der Waals surface area contributed by atoms with Crippen molar-refractivity contribution in [2.75, 3.05) is 18.9 Å². The number of esters is 2. The van der Waals surface area contributed by atoms with Gasteiger partial charge in [-0.15, -0.1) is 6.42 Å². The number of nitrogens with zero attached hydrogens (tertiary/aromatic N) is 4. The van der Waals surface area contributed by atoms with Gasteiger partial charge in [0.2, 0.25) is 11.9 Å². The van der Waals surface area contributed by atoms with Gasteiger partial charge in [-0.2, -0.15) is 18.2 Å². The van der Waals surface area contributed by atoms with E-state index in [0.29, 0.717) is 0 Å². The molecular weight excluding hydrogens is 561 g/mol. The van der Waals surface area contributed by atoms with Crippen LogP contribution in [0.4, 0.5) is 19.1 Å². The number of amides is 2. The summed E-state index contributed by atoms with van der Waals surface area (Å²) in [6.07, 6.45) is -5.86. The minimum absolute atomic E-state index is 0.275. The normalized spacial score (nSPS) is 19.3. The summed E-state index contributed by atoms with van der Waals surface area (Å²) in [5, 5.41) is 2.27. The first-order valence-electron chi connectivity index (χ1n) is 11.8. The Kier molecular flexibility index (Phi) is 8.91. The lowest BCUT2D eigenvalue weighted by Gasteiger charge is -2.28. The van der Waals surface area contributed by atoms with Crippen molar-refractivity contribution in [3.63, 3.8) is 0 Å². The van der Waals surface area contributed by atoms with Gasteiger partial charge >= 0.3 is 29.7 Å². The minimum atomic E-state index is -5.22. The Balaban J connectivity index is 2.15.